The molecule has 30 heavy (non-hydrogen) atoms. The van der Waals surface area contributed by atoms with Crippen LogP contribution in [0.1, 0.15) is 45.1 Å². The quantitative estimate of drug-likeness (QED) is 0.584. The van der Waals surface area contributed by atoms with Crippen LogP contribution in [0.4, 0.5) is 0 Å². The lowest BCUT2D eigenvalue weighted by atomic mass is 9.92. The van der Waals surface area contributed by atoms with Gasteiger partial charge < -0.3 is 25.4 Å². The molecule has 0 saturated carbocycles. The number of allylic oxidation sites excluding steroid dienone is 1. The Hall–Kier alpha value is -2.51. The van der Waals surface area contributed by atoms with Crippen LogP contribution in [0.2, 0.25) is 0 Å². The molecule has 4 atom stereocenters. The molecule has 160 valence electrons. The van der Waals surface area contributed by atoms with Gasteiger partial charge in [0.05, 0.1) is 18.8 Å². The van der Waals surface area contributed by atoms with E-state index >= 15 is 0 Å². The Balaban J connectivity index is 1.73. The predicted octanol–water partition coefficient (Wildman–Crippen LogP) is 2.15. The van der Waals surface area contributed by atoms with Gasteiger partial charge in [-0.1, -0.05) is 42.5 Å². The third kappa shape index (κ3) is 5.34. The van der Waals surface area contributed by atoms with Gasteiger partial charge in [0.15, 0.2) is 0 Å². The molecule has 6 heteroatoms. The maximum absolute atomic E-state index is 11.9. The highest BCUT2D eigenvalue weighted by molar-refractivity contribution is 5.94. The van der Waals surface area contributed by atoms with E-state index in [2.05, 4.69) is 5.32 Å². The van der Waals surface area contributed by atoms with Gasteiger partial charge in [0, 0.05) is 19.0 Å². The molecule has 0 spiro atoms. The van der Waals surface area contributed by atoms with Crippen molar-refractivity contribution < 1.29 is 24.9 Å². The molecule has 1 amide bonds. The van der Waals surface area contributed by atoms with E-state index in [1.165, 1.54) is 0 Å². The molecule has 0 aliphatic carbocycles. The maximum atomic E-state index is 11.9. The van der Waals surface area contributed by atoms with Crippen LogP contribution in [0, 0.1) is 6.92 Å². The van der Waals surface area contributed by atoms with E-state index in [4.69, 9.17) is 4.74 Å². The Bertz CT molecular complexity index is 910. The first-order valence-electron chi connectivity index (χ1n) is 10.1. The Morgan fingerprint density at radius 3 is 2.77 bits per heavy atom. The van der Waals surface area contributed by atoms with Crippen LogP contribution in [0.25, 0.3) is 6.08 Å². The molecule has 4 N–H and O–H groups in total. The lowest BCUT2D eigenvalue weighted by Crippen LogP contribution is -2.44. The lowest BCUT2D eigenvalue weighted by molar-refractivity contribution is -0.179. The molecule has 3 rings (SSSR count). The van der Waals surface area contributed by atoms with Gasteiger partial charge in [-0.25, -0.2) is 0 Å². The molecule has 6 nitrogen and oxygen atoms in total. The monoisotopic (exact) mass is 411 g/mol. The summed E-state index contributed by atoms with van der Waals surface area (Å²) in [4.78, 5) is 11.9. The van der Waals surface area contributed by atoms with E-state index in [9.17, 15) is 20.1 Å². The van der Waals surface area contributed by atoms with Crippen molar-refractivity contribution in [2.45, 2.75) is 44.2 Å². The smallest absolute Gasteiger partial charge is 0.251 e. The number of amides is 1. The minimum Gasteiger partial charge on any atom is -0.394 e. The van der Waals surface area contributed by atoms with Crippen molar-refractivity contribution in [2.24, 2.45) is 0 Å². The van der Waals surface area contributed by atoms with Crippen LogP contribution in [0.5, 0.6) is 0 Å². The normalized spacial score (nSPS) is 24.2. The van der Waals surface area contributed by atoms with Gasteiger partial charge in [0.2, 0.25) is 0 Å². The van der Waals surface area contributed by atoms with Gasteiger partial charge in [-0.3, -0.25) is 4.79 Å². The molecule has 1 heterocycles. The van der Waals surface area contributed by atoms with Crippen LogP contribution in [0.15, 0.2) is 48.5 Å². The van der Waals surface area contributed by atoms with E-state index < -0.39 is 24.4 Å². The van der Waals surface area contributed by atoms with Crippen molar-refractivity contribution in [3.63, 3.8) is 0 Å². The Morgan fingerprint density at radius 2 is 2.03 bits per heavy atom. The van der Waals surface area contributed by atoms with Crippen molar-refractivity contribution in [3.8, 4) is 0 Å². The fraction of sp³-hybridized carbons (Fsp3) is 0.375. The lowest BCUT2D eigenvalue weighted by Gasteiger charge is -2.37. The van der Waals surface area contributed by atoms with Crippen LogP contribution in [-0.4, -0.2) is 53.2 Å². The third-order valence-electron chi connectivity index (χ3n) is 5.28. The number of ether oxygens (including phenoxy) is 1. The van der Waals surface area contributed by atoms with Gasteiger partial charge in [0.1, 0.15) is 12.2 Å². The van der Waals surface area contributed by atoms with Crippen molar-refractivity contribution >= 4 is 12.0 Å². The SMILES string of the molecule is CNC(=O)c1cc(C)cc(/C=C/Cc2cccc([C@H]3OC(CO)CC(O)C3O)c2)c1. The van der Waals surface area contributed by atoms with Crippen LogP contribution >= 0.6 is 0 Å². The summed E-state index contributed by atoms with van der Waals surface area (Å²) in [6.45, 7) is 1.76. The molecular weight excluding hydrogens is 382 g/mol. The zero-order valence-corrected chi connectivity index (χ0v) is 17.3. The second-order valence-corrected chi connectivity index (χ2v) is 7.72. The minimum atomic E-state index is -1.03. The molecule has 1 fully saturated rings. The number of hydrogen-bond acceptors (Lipinski definition) is 5. The average molecular weight is 411 g/mol. The number of nitrogens with one attached hydrogen (secondary N) is 1. The van der Waals surface area contributed by atoms with Crippen LogP contribution < -0.4 is 5.32 Å². The highest BCUT2D eigenvalue weighted by Gasteiger charge is 2.37. The molecule has 1 aliphatic rings. The van der Waals surface area contributed by atoms with Crippen molar-refractivity contribution in [3.05, 3.63) is 76.4 Å². The van der Waals surface area contributed by atoms with Gasteiger partial charge >= 0.3 is 0 Å². The second kappa shape index (κ2) is 10.00. The molecule has 0 aromatic heterocycles. The first kappa shape index (κ1) is 22.2. The zero-order chi connectivity index (χ0) is 21.7. The van der Waals surface area contributed by atoms with Crippen molar-refractivity contribution in [2.75, 3.05) is 13.7 Å². The second-order valence-electron chi connectivity index (χ2n) is 7.72. The van der Waals surface area contributed by atoms with Crippen LogP contribution in [-0.2, 0) is 11.2 Å². The van der Waals surface area contributed by atoms with E-state index in [0.29, 0.717) is 12.0 Å². The number of hydrogen-bond donors (Lipinski definition) is 4. The highest BCUT2D eigenvalue weighted by atomic mass is 16.5. The van der Waals surface area contributed by atoms with E-state index in [1.54, 1.807) is 7.05 Å². The summed E-state index contributed by atoms with van der Waals surface area (Å²) < 4.78 is 5.78. The molecule has 0 radical (unpaired) electrons. The summed E-state index contributed by atoms with van der Waals surface area (Å²) in [7, 11) is 1.61. The number of carbonyl (C=O) groups excluding carboxylic acids is 1. The number of rotatable bonds is 6. The fourth-order valence-corrected chi connectivity index (χ4v) is 3.76. The van der Waals surface area contributed by atoms with Crippen molar-refractivity contribution in [1.82, 2.24) is 5.32 Å². The number of aryl methyl sites for hydroxylation is 1. The average Bonchev–Trinajstić information content (AvgIpc) is 2.74. The minimum absolute atomic E-state index is 0.115. The topological polar surface area (TPSA) is 99.0 Å². The summed E-state index contributed by atoms with van der Waals surface area (Å²) in [6.07, 6.45) is 1.73. The molecule has 0 bridgehead atoms. The standard InChI is InChI=1S/C24H29NO5/c1-15-9-17(12-19(10-15)24(29)25-2)7-3-5-16-6-4-8-18(11-16)23-22(28)21(27)13-20(14-26)30-23/h3-4,6-12,20-23,26-28H,5,13-14H2,1-2H3,(H,25,29)/b7-3+/t20?,21?,22?,23-/m1/s1. The largest absolute Gasteiger partial charge is 0.394 e. The predicted molar refractivity (Wildman–Crippen MR) is 115 cm³/mol. The van der Waals surface area contributed by atoms with Gasteiger partial charge in [-0.15, -0.1) is 0 Å². The molecule has 2 aromatic carbocycles. The molecule has 2 aromatic rings. The number of carbonyl (C=O) groups is 1. The first-order valence-corrected chi connectivity index (χ1v) is 10.1. The maximum Gasteiger partial charge on any atom is 0.251 e. The molecule has 1 saturated heterocycles. The molecular formula is C24H29NO5. The van der Waals surface area contributed by atoms with Gasteiger partial charge in [0.25, 0.3) is 5.91 Å². The van der Waals surface area contributed by atoms with E-state index in [-0.39, 0.29) is 18.9 Å². The van der Waals surface area contributed by atoms with Gasteiger partial charge in [-0.05, 0) is 47.7 Å². The Kier molecular flexibility index (Phi) is 7.39. The number of aliphatic hydroxyl groups excluding tert-OH is 3. The van der Waals surface area contributed by atoms with Crippen LogP contribution in [0.3, 0.4) is 0 Å². The Labute approximate surface area is 176 Å². The zero-order valence-electron chi connectivity index (χ0n) is 17.3. The number of aliphatic hydroxyl groups is 3. The third-order valence-corrected chi connectivity index (χ3v) is 5.28. The number of benzene rings is 2. The molecule has 3 unspecified atom stereocenters. The molecule has 1 aliphatic heterocycles. The summed E-state index contributed by atoms with van der Waals surface area (Å²) in [5.74, 6) is -0.115. The summed E-state index contributed by atoms with van der Waals surface area (Å²) in [5, 5.41) is 32.4. The summed E-state index contributed by atoms with van der Waals surface area (Å²) in [5.41, 5.74) is 4.38. The van der Waals surface area contributed by atoms with Gasteiger partial charge in [-0.2, -0.15) is 0 Å². The highest BCUT2D eigenvalue weighted by Crippen LogP contribution is 2.32. The van der Waals surface area contributed by atoms with E-state index in [1.807, 2.05) is 61.5 Å². The Morgan fingerprint density at radius 1 is 1.23 bits per heavy atom. The summed E-state index contributed by atoms with van der Waals surface area (Å²) >= 11 is 0. The van der Waals surface area contributed by atoms with Crippen molar-refractivity contribution in [1.29, 1.82) is 0 Å². The first-order chi connectivity index (χ1) is 14.4. The fourth-order valence-electron chi connectivity index (χ4n) is 3.76. The summed E-state index contributed by atoms with van der Waals surface area (Å²) in [6, 6.07) is 13.4. The van der Waals surface area contributed by atoms with E-state index in [0.717, 1.165) is 22.3 Å².